The van der Waals surface area contributed by atoms with Gasteiger partial charge in [-0.15, -0.1) is 20.5 Å². The highest BCUT2D eigenvalue weighted by Gasteiger charge is 2.14. The van der Waals surface area contributed by atoms with E-state index in [1.807, 2.05) is 72.8 Å². The van der Waals surface area contributed by atoms with E-state index in [9.17, 15) is 0 Å². The van der Waals surface area contributed by atoms with Gasteiger partial charge in [-0.25, -0.2) is 57.2 Å². The number of halogens is 2. The third-order valence-corrected chi connectivity index (χ3v) is 8.00. The number of nitrogens with zero attached hydrogens (tertiary/aromatic N) is 2. The van der Waals surface area contributed by atoms with Crippen LogP contribution in [0.4, 0.5) is 0 Å². The number of nitro groups is 2. The molecular weight excluding hydrogens is 979 g/mol. The van der Waals surface area contributed by atoms with Crippen molar-refractivity contribution < 1.29 is 115 Å². The molecule has 26 nitrogen and oxygen atoms in total. The Bertz CT molecular complexity index is 2040. The van der Waals surface area contributed by atoms with Gasteiger partial charge in [-0.2, -0.15) is 0 Å². The number of hydrogen-bond acceptors (Lipinski definition) is 20. The number of nitrogens with one attached hydrogen (secondary N) is 4. The maximum absolute atomic E-state index is 8.81. The van der Waals surface area contributed by atoms with Gasteiger partial charge < -0.3 is 37.9 Å². The molecular formula is C42H54Cl2N6O20. The van der Waals surface area contributed by atoms with Crippen LogP contribution in [0.15, 0.2) is 97.1 Å². The van der Waals surface area contributed by atoms with Crippen LogP contribution in [0, 0.1) is 40.7 Å². The fraction of sp³-hybridized carbons (Fsp3) is 0.381. The molecule has 0 unspecified atom stereocenters. The minimum Gasteiger partial charge on any atom is -0.487 e. The molecule has 4 aromatic carbocycles. The van der Waals surface area contributed by atoms with E-state index in [1.54, 1.807) is 0 Å². The molecule has 2 aromatic heterocycles. The third kappa shape index (κ3) is 31.9. The van der Waals surface area contributed by atoms with Gasteiger partial charge in [-0.3, -0.25) is 20.2 Å². The van der Waals surface area contributed by atoms with Gasteiger partial charge in [0.25, 0.3) is 11.6 Å². The van der Waals surface area contributed by atoms with E-state index in [4.69, 9.17) is 95.4 Å². The fourth-order valence-corrected chi connectivity index (χ4v) is 5.48. The van der Waals surface area contributed by atoms with Crippen molar-refractivity contribution in [2.45, 2.75) is 12.8 Å². The lowest BCUT2D eigenvalue weighted by molar-refractivity contribution is -2.00. The summed E-state index contributed by atoms with van der Waals surface area (Å²) in [4.78, 5) is 30.3. The number of hydrogen-bond donors (Lipinski definition) is 2. The predicted octanol–water partition coefficient (Wildman–Crippen LogP) is -4.68. The lowest BCUT2D eigenvalue weighted by atomic mass is 10.3. The second-order valence-corrected chi connectivity index (χ2v) is 14.9. The van der Waals surface area contributed by atoms with Crippen molar-refractivity contribution in [3.05, 3.63) is 129 Å². The van der Waals surface area contributed by atoms with Gasteiger partial charge >= 0.3 is 0 Å². The van der Waals surface area contributed by atoms with Gasteiger partial charge in [-0.1, -0.05) is 48.5 Å². The van der Waals surface area contributed by atoms with Crippen molar-refractivity contribution in [1.82, 2.24) is 9.97 Å². The minimum absolute atomic E-state index is 0.425. The minimum atomic E-state index is -4.94. The topological polar surface area (TPSA) is 404 Å². The summed E-state index contributed by atoms with van der Waals surface area (Å²) in [6.07, 6.45) is 1.88. The quantitative estimate of drug-likeness (QED) is 0.124. The molecule has 0 fully saturated rings. The number of H-pyrrole nitrogens is 4. The fourth-order valence-electron chi connectivity index (χ4n) is 5.48. The van der Waals surface area contributed by atoms with Crippen molar-refractivity contribution in [2.75, 3.05) is 93.4 Å². The molecule has 3 heterocycles. The summed E-state index contributed by atoms with van der Waals surface area (Å²) in [6, 6.07) is 31.6. The van der Waals surface area contributed by atoms with Gasteiger partial charge in [0.15, 0.2) is 59.2 Å². The van der Waals surface area contributed by atoms with E-state index in [1.165, 1.54) is 0 Å². The molecule has 1 aliphatic rings. The lowest BCUT2D eigenvalue weighted by Gasteiger charge is -2.17. The maximum Gasteiger partial charge on any atom is 0.253 e. The number of aryl methyl sites for hydroxylation is 2. The van der Waals surface area contributed by atoms with Gasteiger partial charge in [-0.05, 0) is 48.5 Å². The molecule has 0 bridgehead atoms. The number of para-hydroxylation sites is 8. The van der Waals surface area contributed by atoms with E-state index < -0.39 is 30.3 Å². The molecule has 0 spiro atoms. The Kier molecular flexibility index (Phi) is 29.4. The smallest absolute Gasteiger partial charge is 0.253 e. The summed E-state index contributed by atoms with van der Waals surface area (Å²) in [5, 5.41) is 17.6. The van der Waals surface area contributed by atoms with Crippen LogP contribution < -0.4 is 66.2 Å². The molecule has 0 saturated heterocycles. The summed E-state index contributed by atoms with van der Waals surface area (Å²) >= 11 is 0. The first-order chi connectivity index (χ1) is 33.3. The molecule has 0 atom stereocenters. The largest absolute Gasteiger partial charge is 0.487 e. The molecule has 4 N–H and O–H groups in total. The van der Waals surface area contributed by atoms with E-state index in [2.05, 4.69) is 44.2 Å². The normalized spacial score (nSPS) is 14.0. The molecule has 386 valence electrons. The van der Waals surface area contributed by atoms with Crippen molar-refractivity contribution in [1.29, 1.82) is 0 Å². The summed E-state index contributed by atoms with van der Waals surface area (Å²) in [7, 11) is -8.11. The highest BCUT2D eigenvalue weighted by Crippen LogP contribution is 2.27. The summed E-state index contributed by atoms with van der Waals surface area (Å²) in [5.41, 5.74) is 4.62. The molecule has 6 aromatic rings. The number of benzene rings is 4. The van der Waals surface area contributed by atoms with E-state index in [-0.39, 0.29) is 0 Å². The highest BCUT2D eigenvalue weighted by atomic mass is 35.7. The molecule has 7 rings (SSSR count). The molecule has 0 aliphatic carbocycles. The first-order valence-electron chi connectivity index (χ1n) is 20.7. The van der Waals surface area contributed by atoms with Crippen LogP contribution in [0.3, 0.4) is 0 Å². The average Bonchev–Trinajstić information content (AvgIpc) is 3.90. The zero-order valence-electron chi connectivity index (χ0n) is 38.0. The Morgan fingerprint density at radius 3 is 0.886 bits per heavy atom. The van der Waals surface area contributed by atoms with E-state index in [0.29, 0.717) is 102 Å². The average molecular weight is 1030 g/mol. The van der Waals surface area contributed by atoms with Crippen LogP contribution in [-0.2, 0) is 31.8 Å². The van der Waals surface area contributed by atoms with Crippen molar-refractivity contribution >= 4 is 22.1 Å². The van der Waals surface area contributed by atoms with Gasteiger partial charge in [0.05, 0.1) is 65.7 Å². The Hall–Kier alpha value is -6.08. The third-order valence-electron chi connectivity index (χ3n) is 8.00. The number of aromatic nitrogens is 4. The first kappa shape index (κ1) is 60.0. The molecule has 1 aliphatic heterocycles. The van der Waals surface area contributed by atoms with Crippen LogP contribution >= 0.6 is 0 Å². The number of aromatic amines is 4. The molecule has 70 heavy (non-hydrogen) atoms. The Morgan fingerprint density at radius 2 is 0.643 bits per heavy atom. The number of rotatable bonds is 3. The second-order valence-electron chi connectivity index (χ2n) is 13.4. The summed E-state index contributed by atoms with van der Waals surface area (Å²) < 4.78 is 113. The monoisotopic (exact) mass is 1030 g/mol. The Labute approximate surface area is 404 Å². The van der Waals surface area contributed by atoms with Crippen LogP contribution in [0.5, 0.6) is 23.0 Å². The Morgan fingerprint density at radius 1 is 0.429 bits per heavy atom. The number of ether oxygens (including phenoxy) is 8. The molecule has 0 amide bonds. The highest BCUT2D eigenvalue weighted by molar-refractivity contribution is 5.71. The van der Waals surface area contributed by atoms with Crippen LogP contribution in [0.2, 0.25) is 0 Å². The predicted molar refractivity (Wildman–Crippen MR) is 221 cm³/mol. The molecule has 0 radical (unpaired) electrons. The first-order valence-corrected chi connectivity index (χ1v) is 23.1. The van der Waals surface area contributed by atoms with Gasteiger partial charge in [0, 0.05) is 9.85 Å². The summed E-state index contributed by atoms with van der Waals surface area (Å²) in [6.45, 7) is 5.48. The van der Waals surface area contributed by atoms with Crippen molar-refractivity contribution in [3.8, 4) is 23.0 Å². The summed E-state index contributed by atoms with van der Waals surface area (Å²) in [5.74, 6) is 5.03. The van der Waals surface area contributed by atoms with E-state index >= 15 is 0 Å². The number of fused-ring (bicyclic) bond motifs is 4. The number of imidazole rings is 2. The van der Waals surface area contributed by atoms with Crippen molar-refractivity contribution in [2.24, 2.45) is 0 Å². The molecule has 0 saturated carbocycles. The zero-order chi connectivity index (χ0) is 51.6. The maximum atomic E-state index is 8.81. The van der Waals surface area contributed by atoms with Crippen molar-refractivity contribution in [3.63, 3.8) is 0 Å². The van der Waals surface area contributed by atoms with E-state index in [0.717, 1.165) is 60.7 Å². The van der Waals surface area contributed by atoms with Crippen LogP contribution in [-0.4, -0.2) is 113 Å². The Balaban J connectivity index is 0.000000371. The second kappa shape index (κ2) is 34.3. The SMILES string of the molecule is C[N+](=O)[O-].C[N+](=O)[O-].[O-][Cl+3]([O-])([O-])[O-].[O-][Cl+3]([O-])([O-])[O-].c1ccc2[nH+]c(CCc3[nH]c4ccccc4[nH+]3)[nH]c2c1.c1ccc2c(c1)OCCOCCOCCOc1ccccc1OCCOCCOCCO2. The lowest BCUT2D eigenvalue weighted by Crippen LogP contribution is -2.68. The van der Waals surface area contributed by atoms with Crippen LogP contribution in [0.25, 0.3) is 22.1 Å². The molecule has 28 heteroatoms. The van der Waals surface area contributed by atoms with Crippen LogP contribution in [0.1, 0.15) is 11.6 Å². The van der Waals surface area contributed by atoms with Gasteiger partial charge in [0.2, 0.25) is 0 Å². The van der Waals surface area contributed by atoms with Gasteiger partial charge in [0.1, 0.15) is 26.4 Å². The standard InChI is InChI=1S/C24H32O8.C16H14N4.2CH3NO2.2ClHO4/c1-2-6-22-21(5-1)29-17-13-25-9-10-27-15-19-31-23-7-3-4-8-24(23)32-20-16-28-12-11-26-14-18-30-22;1-2-6-12-11(5-1)17-15(18-12)9-10-16-19-13-7-3-4-8-14(13)20-16;2*1-2(3)4;2*2-1(3,4)5/h1-8H,9-20H2;1-8H,9-10H2,(H,17,18)(H,19,20);2*1H3;2*(H,2,3,4,5). The zero-order valence-corrected chi connectivity index (χ0v) is 39.5.